The summed E-state index contributed by atoms with van der Waals surface area (Å²) in [4.78, 5) is 1.04. The molecule has 3 aliphatic carbocycles. The molecule has 326 valence electrons. The first-order valence-electron chi connectivity index (χ1n) is 24.5. The minimum absolute atomic E-state index is 0.164. The van der Waals surface area contributed by atoms with Crippen molar-refractivity contribution >= 4 is 78.4 Å². The Labute approximate surface area is 404 Å². The van der Waals surface area contributed by atoms with Crippen LogP contribution in [0.25, 0.3) is 99.2 Å². The number of nitrogens with zero attached hydrogens (tertiary/aromatic N) is 1. The van der Waals surface area contributed by atoms with Crippen molar-refractivity contribution in [1.82, 2.24) is 4.57 Å². The molecule has 10 aromatic rings. The number of benzene rings is 8. The van der Waals surface area contributed by atoms with Gasteiger partial charge in [-0.05, 0) is 169 Å². The van der Waals surface area contributed by atoms with Crippen LogP contribution in [0.5, 0.6) is 0 Å². The van der Waals surface area contributed by atoms with Crippen molar-refractivity contribution in [2.24, 2.45) is 5.92 Å². The Morgan fingerprint density at radius 3 is 2.01 bits per heavy atom. The Morgan fingerprint density at radius 2 is 1.31 bits per heavy atom. The number of thiol groups is 1. The molecule has 9 aromatic carbocycles. The predicted octanol–water partition coefficient (Wildman–Crippen LogP) is 18.1. The molecule has 1 heterocycles. The normalized spacial score (nSPS) is 18.0. The van der Waals surface area contributed by atoms with Crippen LogP contribution in [0.2, 0.25) is 0 Å². The molecule has 1 nitrogen and oxygen atoms in total. The predicted molar refractivity (Wildman–Crippen MR) is 293 cm³/mol. The first-order chi connectivity index (χ1) is 33.5. The zero-order valence-electron chi connectivity index (χ0n) is 38.6. The Kier molecular flexibility index (Phi) is 9.92. The van der Waals surface area contributed by atoms with Gasteiger partial charge >= 0.3 is 0 Å². The molecule has 3 aliphatic rings. The van der Waals surface area contributed by atoms with Gasteiger partial charge in [-0.25, -0.2) is 0 Å². The summed E-state index contributed by atoms with van der Waals surface area (Å²) in [7, 11) is 0. The smallest absolute Gasteiger partial charge is 0.0586 e. The molecule has 68 heavy (non-hydrogen) atoms. The lowest BCUT2D eigenvalue weighted by atomic mass is 9.74. The molecule has 0 fully saturated rings. The van der Waals surface area contributed by atoms with Crippen molar-refractivity contribution in [1.29, 1.82) is 0 Å². The molecule has 1 aromatic heterocycles. The molecule has 0 amide bonds. The van der Waals surface area contributed by atoms with Crippen LogP contribution in [0.1, 0.15) is 73.7 Å². The van der Waals surface area contributed by atoms with E-state index in [0.717, 1.165) is 42.4 Å². The van der Waals surface area contributed by atoms with E-state index >= 15 is 0 Å². The van der Waals surface area contributed by atoms with Crippen molar-refractivity contribution in [3.8, 4) is 33.4 Å². The molecule has 0 aliphatic heterocycles. The second kappa shape index (κ2) is 16.5. The van der Waals surface area contributed by atoms with Crippen molar-refractivity contribution < 1.29 is 0 Å². The summed E-state index contributed by atoms with van der Waals surface area (Å²) >= 11 is 5.34. The van der Waals surface area contributed by atoms with Gasteiger partial charge in [0.25, 0.3) is 0 Å². The summed E-state index contributed by atoms with van der Waals surface area (Å²) in [6, 6.07) is 63.6. The van der Waals surface area contributed by atoms with E-state index in [1.807, 2.05) is 6.07 Å². The number of hydrogen-bond donors (Lipinski definition) is 1. The summed E-state index contributed by atoms with van der Waals surface area (Å²) in [5.41, 5.74) is 18.3. The first-order valence-corrected chi connectivity index (χ1v) is 24.9. The molecule has 0 N–H and O–H groups in total. The van der Waals surface area contributed by atoms with Gasteiger partial charge in [-0.3, -0.25) is 0 Å². The minimum Gasteiger partial charge on any atom is -0.336 e. The Morgan fingerprint density at radius 1 is 0.618 bits per heavy atom. The van der Waals surface area contributed by atoms with Gasteiger partial charge in [0.2, 0.25) is 0 Å². The second-order valence-electron chi connectivity index (χ2n) is 19.4. The van der Waals surface area contributed by atoms with Gasteiger partial charge in [-0.1, -0.05) is 182 Å². The highest BCUT2D eigenvalue weighted by Crippen LogP contribution is 2.51. The minimum atomic E-state index is 0.164. The summed E-state index contributed by atoms with van der Waals surface area (Å²) < 4.78 is 2.58. The van der Waals surface area contributed by atoms with E-state index in [1.54, 1.807) is 0 Å². The van der Waals surface area contributed by atoms with E-state index in [4.69, 9.17) is 12.6 Å². The monoisotopic (exact) mass is 889 g/mol. The molecular formula is C66H51NS. The maximum atomic E-state index is 5.34. The van der Waals surface area contributed by atoms with Gasteiger partial charge in [0, 0.05) is 22.2 Å². The van der Waals surface area contributed by atoms with Crippen LogP contribution >= 0.6 is 12.6 Å². The van der Waals surface area contributed by atoms with Crippen molar-refractivity contribution in [2.45, 2.75) is 62.8 Å². The standard InChI is InChI=1S/C66H51NS/c1-41-32-35-55-58(38-41)64(45-34-37-60-57(40-45)48-22-15-16-30-59(48)67(60)46-20-7-4-8-21-46)53-27-13-14-28-54(53)65(55)56-29-17-31-61(68)66(56)47-36-33-44(39-42(47)2)63-51-25-11-9-23-49(51)62(43-18-5-3-6-19-43)50-24-10-12-26-52(50)63/h3-7,9-14,16-19,23-35,37,39-41,46-47,68H,8,20-21,36,38H2,1-2H3. The van der Waals surface area contributed by atoms with Crippen LogP contribution in [-0.4, -0.2) is 4.57 Å². The highest BCUT2D eigenvalue weighted by atomic mass is 32.1. The summed E-state index contributed by atoms with van der Waals surface area (Å²) in [6.45, 7) is 4.70. The first kappa shape index (κ1) is 40.9. The molecule has 0 spiro atoms. The van der Waals surface area contributed by atoms with Gasteiger partial charge < -0.3 is 4.57 Å². The average Bonchev–Trinajstić information content (AvgIpc) is 3.71. The van der Waals surface area contributed by atoms with Crippen LogP contribution in [0.15, 0.2) is 193 Å². The van der Waals surface area contributed by atoms with Crippen molar-refractivity contribution in [3.05, 3.63) is 222 Å². The van der Waals surface area contributed by atoms with Gasteiger partial charge in [0.15, 0.2) is 0 Å². The molecular weight excluding hydrogens is 839 g/mol. The Bertz CT molecular complexity index is 3760. The van der Waals surface area contributed by atoms with E-state index in [0.29, 0.717) is 12.0 Å². The fraction of sp³-hybridized carbons (Fsp3) is 0.152. The van der Waals surface area contributed by atoms with Gasteiger partial charge in [0.1, 0.15) is 0 Å². The zero-order valence-corrected chi connectivity index (χ0v) is 39.5. The highest BCUT2D eigenvalue weighted by Gasteiger charge is 2.30. The van der Waals surface area contributed by atoms with Gasteiger partial charge in [0.05, 0.1) is 16.4 Å². The third-order valence-electron chi connectivity index (χ3n) is 15.4. The lowest BCUT2D eigenvalue weighted by Gasteiger charge is -2.30. The average molecular weight is 890 g/mol. The second-order valence-corrected chi connectivity index (χ2v) is 19.9. The van der Waals surface area contributed by atoms with Crippen LogP contribution in [0, 0.1) is 18.1 Å². The van der Waals surface area contributed by atoms with E-state index in [9.17, 15) is 0 Å². The summed E-state index contributed by atoms with van der Waals surface area (Å²) in [5.74, 6) is 0.580. The number of allylic oxidation sites excluding steroid dienone is 7. The number of fused-ring (bicyclic) bond motifs is 7. The topological polar surface area (TPSA) is 4.93 Å². The molecule has 0 saturated heterocycles. The van der Waals surface area contributed by atoms with E-state index in [1.165, 1.54) is 116 Å². The fourth-order valence-electron chi connectivity index (χ4n) is 12.5. The lowest BCUT2D eigenvalue weighted by molar-refractivity contribution is 0.485. The largest absolute Gasteiger partial charge is 0.336 e. The van der Waals surface area contributed by atoms with E-state index < -0.39 is 0 Å². The number of rotatable bonds is 6. The third kappa shape index (κ3) is 6.47. The molecule has 0 saturated carbocycles. The third-order valence-corrected chi connectivity index (χ3v) is 15.8. The summed E-state index contributed by atoms with van der Waals surface area (Å²) in [5, 5.41) is 10.1. The highest BCUT2D eigenvalue weighted by molar-refractivity contribution is 7.80. The number of aromatic nitrogens is 1. The summed E-state index contributed by atoms with van der Waals surface area (Å²) in [6.07, 6.45) is 19.7. The maximum absolute atomic E-state index is 5.34. The SMILES string of the molecule is CC1=CC(c2c3ccccc3c(-c3ccccc3)c3ccccc23)=CCC1c1c(S)cccc1-c1c2c(c(-c3ccc4c(c3)c3c#cccc3n4C3CC=CCC3)c3ccccc13)CC(C)C=C2. The van der Waals surface area contributed by atoms with Crippen LogP contribution in [0.3, 0.4) is 0 Å². The van der Waals surface area contributed by atoms with Crippen LogP contribution in [-0.2, 0) is 6.42 Å². The molecule has 0 bridgehead atoms. The van der Waals surface area contributed by atoms with Gasteiger partial charge in [-0.2, -0.15) is 0 Å². The molecule has 3 atom stereocenters. The van der Waals surface area contributed by atoms with Crippen LogP contribution < -0.4 is 0 Å². The maximum Gasteiger partial charge on any atom is 0.0586 e. The molecule has 2 heteroatoms. The molecule has 13 rings (SSSR count). The van der Waals surface area contributed by atoms with E-state index in [2.05, 4.69) is 213 Å². The van der Waals surface area contributed by atoms with Crippen molar-refractivity contribution in [3.63, 3.8) is 0 Å². The molecule has 0 radical (unpaired) electrons. The van der Waals surface area contributed by atoms with Crippen molar-refractivity contribution in [2.75, 3.05) is 0 Å². The Hall–Kier alpha value is -7.31. The fourth-order valence-corrected chi connectivity index (χ4v) is 12.8. The lowest BCUT2D eigenvalue weighted by Crippen LogP contribution is -2.11. The quantitative estimate of drug-likeness (QED) is 0.0964. The van der Waals surface area contributed by atoms with Crippen LogP contribution in [0.4, 0.5) is 0 Å². The molecule has 3 unspecified atom stereocenters. The number of hydrogen-bond acceptors (Lipinski definition) is 1. The van der Waals surface area contributed by atoms with Gasteiger partial charge in [-0.15, -0.1) is 12.6 Å². The zero-order chi connectivity index (χ0) is 45.5. The van der Waals surface area contributed by atoms with E-state index in [-0.39, 0.29) is 5.92 Å². The Balaban J connectivity index is 0.968.